The Labute approximate surface area is 92.6 Å². The standard InChI is InChI=1S/C11H11ClFNO/c12-9-7-8(3-4-10(9)13)11(15)14-5-1-2-6-14/h3-4,7H,1-2,5-6H2. The molecule has 1 aromatic carbocycles. The molecule has 1 aromatic rings. The van der Waals surface area contributed by atoms with E-state index in [4.69, 9.17) is 11.6 Å². The van der Waals surface area contributed by atoms with Crippen LogP contribution in [0.15, 0.2) is 18.2 Å². The minimum absolute atomic E-state index is 0.0000435. The normalized spacial score (nSPS) is 15.7. The fourth-order valence-corrected chi connectivity index (χ4v) is 1.91. The molecular formula is C11H11ClFNO. The Hall–Kier alpha value is -1.09. The molecule has 15 heavy (non-hydrogen) atoms. The predicted molar refractivity (Wildman–Crippen MR) is 56.5 cm³/mol. The number of benzene rings is 1. The van der Waals surface area contributed by atoms with Crippen molar-refractivity contribution in [3.63, 3.8) is 0 Å². The van der Waals surface area contributed by atoms with E-state index in [2.05, 4.69) is 0 Å². The highest BCUT2D eigenvalue weighted by Gasteiger charge is 2.19. The van der Waals surface area contributed by atoms with Crippen LogP contribution >= 0.6 is 11.6 Å². The van der Waals surface area contributed by atoms with Crippen molar-refractivity contribution in [2.45, 2.75) is 12.8 Å². The fourth-order valence-electron chi connectivity index (χ4n) is 1.73. The van der Waals surface area contributed by atoms with E-state index in [1.54, 1.807) is 4.90 Å². The van der Waals surface area contributed by atoms with Crippen molar-refractivity contribution in [2.75, 3.05) is 13.1 Å². The summed E-state index contributed by atoms with van der Waals surface area (Å²) in [7, 11) is 0. The van der Waals surface area contributed by atoms with E-state index in [1.807, 2.05) is 0 Å². The molecule has 1 saturated heterocycles. The van der Waals surface area contributed by atoms with E-state index in [0.717, 1.165) is 25.9 Å². The summed E-state index contributed by atoms with van der Waals surface area (Å²) in [6, 6.07) is 4.09. The van der Waals surface area contributed by atoms with E-state index >= 15 is 0 Å². The van der Waals surface area contributed by atoms with Gasteiger partial charge in [0.2, 0.25) is 0 Å². The largest absolute Gasteiger partial charge is 0.339 e. The van der Waals surface area contributed by atoms with E-state index in [1.165, 1.54) is 18.2 Å². The van der Waals surface area contributed by atoms with Gasteiger partial charge in [-0.1, -0.05) is 11.6 Å². The third-order valence-electron chi connectivity index (χ3n) is 2.56. The summed E-state index contributed by atoms with van der Waals surface area (Å²) in [6.07, 6.45) is 2.08. The maximum absolute atomic E-state index is 12.9. The number of rotatable bonds is 1. The highest BCUT2D eigenvalue weighted by molar-refractivity contribution is 6.31. The molecule has 0 atom stereocenters. The molecule has 0 aliphatic carbocycles. The Morgan fingerprint density at radius 1 is 1.33 bits per heavy atom. The quantitative estimate of drug-likeness (QED) is 0.723. The van der Waals surface area contributed by atoms with Crippen molar-refractivity contribution < 1.29 is 9.18 Å². The average Bonchev–Trinajstić information content (AvgIpc) is 2.74. The first-order valence-electron chi connectivity index (χ1n) is 4.93. The lowest BCUT2D eigenvalue weighted by atomic mass is 10.2. The third kappa shape index (κ3) is 2.12. The van der Waals surface area contributed by atoms with Gasteiger partial charge in [0, 0.05) is 18.7 Å². The molecule has 2 nitrogen and oxygen atoms in total. The molecule has 0 bridgehead atoms. The molecule has 1 aliphatic rings. The zero-order chi connectivity index (χ0) is 10.8. The average molecular weight is 228 g/mol. The highest BCUT2D eigenvalue weighted by atomic mass is 35.5. The Morgan fingerprint density at radius 2 is 2.00 bits per heavy atom. The van der Waals surface area contributed by atoms with Crippen molar-refractivity contribution in [3.8, 4) is 0 Å². The van der Waals surface area contributed by atoms with Crippen LogP contribution in [0.5, 0.6) is 0 Å². The van der Waals surface area contributed by atoms with Crippen LogP contribution in [0.25, 0.3) is 0 Å². The van der Waals surface area contributed by atoms with Gasteiger partial charge < -0.3 is 4.90 Å². The van der Waals surface area contributed by atoms with E-state index in [9.17, 15) is 9.18 Å². The van der Waals surface area contributed by atoms with Gasteiger partial charge in [-0.25, -0.2) is 4.39 Å². The van der Waals surface area contributed by atoms with Gasteiger partial charge in [0.15, 0.2) is 0 Å². The molecule has 0 N–H and O–H groups in total. The van der Waals surface area contributed by atoms with Gasteiger partial charge in [0.25, 0.3) is 5.91 Å². The Bertz CT molecular complexity index is 388. The van der Waals surface area contributed by atoms with E-state index in [0.29, 0.717) is 5.56 Å². The molecule has 4 heteroatoms. The molecular weight excluding hydrogens is 217 g/mol. The van der Waals surface area contributed by atoms with Gasteiger partial charge in [-0.05, 0) is 31.0 Å². The number of halogens is 2. The molecule has 0 spiro atoms. The van der Waals surface area contributed by atoms with Crippen LogP contribution in [-0.4, -0.2) is 23.9 Å². The van der Waals surface area contributed by atoms with Crippen LogP contribution in [0.3, 0.4) is 0 Å². The summed E-state index contributed by atoms with van der Waals surface area (Å²) >= 11 is 5.62. The van der Waals surface area contributed by atoms with Crippen LogP contribution in [-0.2, 0) is 0 Å². The number of hydrogen-bond acceptors (Lipinski definition) is 1. The van der Waals surface area contributed by atoms with Gasteiger partial charge in [0.05, 0.1) is 5.02 Å². The lowest BCUT2D eigenvalue weighted by molar-refractivity contribution is 0.0793. The molecule has 1 fully saturated rings. The van der Waals surface area contributed by atoms with E-state index in [-0.39, 0.29) is 10.9 Å². The van der Waals surface area contributed by atoms with Gasteiger partial charge in [0.1, 0.15) is 5.82 Å². The monoisotopic (exact) mass is 227 g/mol. The Balaban J connectivity index is 2.21. The Kier molecular flexibility index (Phi) is 2.91. The van der Waals surface area contributed by atoms with Gasteiger partial charge in [-0.3, -0.25) is 4.79 Å². The number of carbonyl (C=O) groups excluding carboxylic acids is 1. The Morgan fingerprint density at radius 3 is 2.60 bits per heavy atom. The number of amides is 1. The lowest BCUT2D eigenvalue weighted by Crippen LogP contribution is -2.27. The van der Waals surface area contributed by atoms with Crippen molar-refractivity contribution in [1.29, 1.82) is 0 Å². The van der Waals surface area contributed by atoms with Crippen molar-refractivity contribution in [2.24, 2.45) is 0 Å². The summed E-state index contributed by atoms with van der Waals surface area (Å²) in [5.41, 5.74) is 0.461. The maximum Gasteiger partial charge on any atom is 0.253 e. The zero-order valence-electron chi connectivity index (χ0n) is 8.17. The number of hydrogen-bond donors (Lipinski definition) is 0. The van der Waals surface area contributed by atoms with Crippen molar-refractivity contribution >= 4 is 17.5 Å². The van der Waals surface area contributed by atoms with E-state index < -0.39 is 5.82 Å². The second kappa shape index (κ2) is 4.19. The van der Waals surface area contributed by atoms with Gasteiger partial charge in [-0.2, -0.15) is 0 Å². The molecule has 0 unspecified atom stereocenters. The fraction of sp³-hybridized carbons (Fsp3) is 0.364. The molecule has 1 heterocycles. The summed E-state index contributed by atoms with van der Waals surface area (Å²) < 4.78 is 12.9. The second-order valence-electron chi connectivity index (χ2n) is 3.63. The van der Waals surface area contributed by atoms with Crippen LogP contribution in [0.1, 0.15) is 23.2 Å². The molecule has 0 saturated carbocycles. The first-order chi connectivity index (χ1) is 7.18. The smallest absolute Gasteiger partial charge is 0.253 e. The highest BCUT2D eigenvalue weighted by Crippen LogP contribution is 2.19. The topological polar surface area (TPSA) is 20.3 Å². The van der Waals surface area contributed by atoms with Crippen LogP contribution in [0, 0.1) is 5.82 Å². The lowest BCUT2D eigenvalue weighted by Gasteiger charge is -2.15. The summed E-state index contributed by atoms with van der Waals surface area (Å²) in [4.78, 5) is 13.6. The number of carbonyl (C=O) groups is 1. The van der Waals surface area contributed by atoms with Crippen LogP contribution in [0.4, 0.5) is 4.39 Å². The maximum atomic E-state index is 12.9. The first kappa shape index (κ1) is 10.4. The molecule has 1 aliphatic heterocycles. The van der Waals surface area contributed by atoms with Crippen molar-refractivity contribution in [3.05, 3.63) is 34.6 Å². The first-order valence-corrected chi connectivity index (χ1v) is 5.30. The minimum Gasteiger partial charge on any atom is -0.339 e. The minimum atomic E-state index is -0.491. The number of likely N-dealkylation sites (tertiary alicyclic amines) is 1. The molecule has 1 amide bonds. The molecule has 80 valence electrons. The zero-order valence-corrected chi connectivity index (χ0v) is 8.93. The van der Waals surface area contributed by atoms with Gasteiger partial charge in [-0.15, -0.1) is 0 Å². The molecule has 0 radical (unpaired) electrons. The second-order valence-corrected chi connectivity index (χ2v) is 4.04. The summed E-state index contributed by atoms with van der Waals surface area (Å²) in [5, 5.41) is 0.0000435. The SMILES string of the molecule is O=C(c1ccc(F)c(Cl)c1)N1CCCC1. The van der Waals surface area contributed by atoms with Crippen molar-refractivity contribution in [1.82, 2.24) is 4.90 Å². The molecule has 0 aromatic heterocycles. The van der Waals surface area contributed by atoms with Crippen LogP contribution in [0.2, 0.25) is 5.02 Å². The summed E-state index contributed by atoms with van der Waals surface area (Å²) in [6.45, 7) is 1.57. The molecule has 2 rings (SSSR count). The number of nitrogens with zero attached hydrogens (tertiary/aromatic N) is 1. The predicted octanol–water partition coefficient (Wildman–Crippen LogP) is 2.72. The third-order valence-corrected chi connectivity index (χ3v) is 2.85. The van der Waals surface area contributed by atoms with Crippen LogP contribution < -0.4 is 0 Å². The summed E-state index contributed by atoms with van der Waals surface area (Å²) in [5.74, 6) is -0.552. The van der Waals surface area contributed by atoms with Gasteiger partial charge >= 0.3 is 0 Å².